The number of hydrogen-bond donors (Lipinski definition) is 1. The fraction of sp³-hybridized carbons (Fsp3) is 0.393. The molecule has 1 aromatic heterocycles. The lowest BCUT2D eigenvalue weighted by Gasteiger charge is -2.42. The molecule has 0 aliphatic heterocycles. The highest BCUT2D eigenvalue weighted by Crippen LogP contribution is 2.47. The van der Waals surface area contributed by atoms with E-state index in [1.165, 1.54) is 29.7 Å². The highest BCUT2D eigenvalue weighted by Gasteiger charge is 2.37. The highest BCUT2D eigenvalue weighted by molar-refractivity contribution is 5.95. The minimum Gasteiger partial charge on any atom is -0.366 e. The van der Waals surface area contributed by atoms with Crippen molar-refractivity contribution in [3.8, 4) is 11.3 Å². The zero-order valence-corrected chi connectivity index (χ0v) is 19.8. The molecule has 3 aromatic rings. The first-order valence-corrected chi connectivity index (χ1v) is 11.4. The van der Waals surface area contributed by atoms with Crippen molar-refractivity contribution in [2.45, 2.75) is 71.3 Å². The summed E-state index contributed by atoms with van der Waals surface area (Å²) in [5.74, 6) is -0.647. The highest BCUT2D eigenvalue weighted by atomic mass is 19.1. The summed E-state index contributed by atoms with van der Waals surface area (Å²) in [6, 6.07) is 15.3. The van der Waals surface area contributed by atoms with Crippen LogP contribution in [0.25, 0.3) is 11.3 Å². The fourth-order valence-corrected chi connectivity index (χ4v) is 5.06. The molecule has 2 aromatic carbocycles. The van der Waals surface area contributed by atoms with Crippen LogP contribution in [0.5, 0.6) is 0 Å². The van der Waals surface area contributed by atoms with Crippen LogP contribution in [-0.2, 0) is 23.8 Å². The Bertz CT molecular complexity index is 1170. The molecule has 0 bridgehead atoms. The van der Waals surface area contributed by atoms with Gasteiger partial charge in [0.25, 0.3) is 5.91 Å². The van der Waals surface area contributed by atoms with Crippen molar-refractivity contribution < 1.29 is 9.18 Å². The number of aromatic nitrogens is 1. The Morgan fingerprint density at radius 1 is 0.969 bits per heavy atom. The number of hydrogen-bond acceptors (Lipinski definition) is 1. The lowest BCUT2D eigenvalue weighted by Crippen LogP contribution is -2.33. The van der Waals surface area contributed by atoms with Crippen LogP contribution >= 0.6 is 0 Å². The summed E-state index contributed by atoms with van der Waals surface area (Å²) in [5, 5.41) is 0. The van der Waals surface area contributed by atoms with Gasteiger partial charge in [-0.25, -0.2) is 4.39 Å². The maximum atomic E-state index is 13.3. The molecule has 0 fully saturated rings. The minimum atomic E-state index is -0.413. The number of carbonyl (C=O) groups excluding carboxylic acids is 1. The van der Waals surface area contributed by atoms with E-state index in [0.717, 1.165) is 35.4 Å². The third-order valence-corrected chi connectivity index (χ3v) is 7.32. The van der Waals surface area contributed by atoms with E-state index in [2.05, 4.69) is 50.5 Å². The Labute approximate surface area is 190 Å². The van der Waals surface area contributed by atoms with Crippen LogP contribution < -0.4 is 5.73 Å². The van der Waals surface area contributed by atoms with Crippen molar-refractivity contribution in [2.24, 2.45) is 5.73 Å². The molecule has 0 radical (unpaired) electrons. The predicted molar refractivity (Wildman–Crippen MR) is 129 cm³/mol. The number of halogens is 1. The zero-order valence-electron chi connectivity index (χ0n) is 19.8. The van der Waals surface area contributed by atoms with Crippen molar-refractivity contribution in [2.75, 3.05) is 0 Å². The third-order valence-electron chi connectivity index (χ3n) is 7.32. The molecule has 1 aliphatic carbocycles. The first kappa shape index (κ1) is 22.3. The molecule has 0 saturated heterocycles. The second kappa shape index (κ2) is 7.91. The van der Waals surface area contributed by atoms with Gasteiger partial charge < -0.3 is 10.3 Å². The monoisotopic (exact) mass is 432 g/mol. The molecule has 1 heterocycles. The van der Waals surface area contributed by atoms with Gasteiger partial charge >= 0.3 is 0 Å². The van der Waals surface area contributed by atoms with E-state index in [1.54, 1.807) is 0 Å². The van der Waals surface area contributed by atoms with Crippen LogP contribution in [0.1, 0.15) is 73.3 Å². The van der Waals surface area contributed by atoms with Crippen LogP contribution in [0.3, 0.4) is 0 Å². The number of aryl methyl sites for hydroxylation is 1. The largest absolute Gasteiger partial charge is 0.366 e. The summed E-state index contributed by atoms with van der Waals surface area (Å²) in [7, 11) is 0. The number of amides is 1. The predicted octanol–water partition coefficient (Wildman–Crippen LogP) is 6.29. The molecule has 3 nitrogen and oxygen atoms in total. The van der Waals surface area contributed by atoms with E-state index in [9.17, 15) is 9.18 Å². The maximum absolute atomic E-state index is 13.3. The molecule has 0 unspecified atom stereocenters. The van der Waals surface area contributed by atoms with Gasteiger partial charge in [0.05, 0.1) is 5.56 Å². The van der Waals surface area contributed by atoms with Gasteiger partial charge in [-0.15, -0.1) is 0 Å². The van der Waals surface area contributed by atoms with Gasteiger partial charge in [-0.05, 0) is 83.5 Å². The van der Waals surface area contributed by atoms with Crippen molar-refractivity contribution in [3.63, 3.8) is 0 Å². The van der Waals surface area contributed by atoms with Crippen molar-refractivity contribution >= 4 is 5.91 Å². The first-order valence-electron chi connectivity index (χ1n) is 11.4. The number of carbonyl (C=O) groups is 1. The number of primary amides is 1. The normalized spacial score (nSPS) is 16.6. The maximum Gasteiger partial charge on any atom is 0.250 e. The summed E-state index contributed by atoms with van der Waals surface area (Å²) < 4.78 is 15.5. The summed E-state index contributed by atoms with van der Waals surface area (Å²) in [5.41, 5.74) is 13.3. The molecule has 0 atom stereocenters. The van der Waals surface area contributed by atoms with Crippen LogP contribution in [0.4, 0.5) is 4.39 Å². The lowest BCUT2D eigenvalue weighted by molar-refractivity contribution is 0.0999. The van der Waals surface area contributed by atoms with Gasteiger partial charge in [0, 0.05) is 17.9 Å². The summed E-state index contributed by atoms with van der Waals surface area (Å²) >= 11 is 0. The number of rotatable bonds is 5. The van der Waals surface area contributed by atoms with E-state index >= 15 is 0 Å². The Morgan fingerprint density at radius 3 is 2.22 bits per heavy atom. The van der Waals surface area contributed by atoms with Gasteiger partial charge in [0.2, 0.25) is 0 Å². The van der Waals surface area contributed by atoms with E-state index in [1.807, 2.05) is 25.1 Å². The first-order chi connectivity index (χ1) is 15.0. The second-order valence-electron chi connectivity index (χ2n) is 10.4. The molecular weight excluding hydrogens is 399 g/mol. The van der Waals surface area contributed by atoms with Gasteiger partial charge in [-0.2, -0.15) is 0 Å². The molecule has 4 heteroatoms. The van der Waals surface area contributed by atoms with E-state index in [-0.39, 0.29) is 16.6 Å². The molecule has 0 saturated carbocycles. The van der Waals surface area contributed by atoms with Crippen molar-refractivity contribution in [3.05, 3.63) is 82.3 Å². The molecule has 32 heavy (non-hydrogen) atoms. The molecule has 168 valence electrons. The smallest absolute Gasteiger partial charge is 0.250 e. The quantitative estimate of drug-likeness (QED) is 0.506. The van der Waals surface area contributed by atoms with Crippen LogP contribution in [0.2, 0.25) is 0 Å². The summed E-state index contributed by atoms with van der Waals surface area (Å²) in [6.07, 6.45) is 3.06. The van der Waals surface area contributed by atoms with Crippen LogP contribution in [0, 0.1) is 12.7 Å². The van der Waals surface area contributed by atoms with Gasteiger partial charge in [0.15, 0.2) is 0 Å². The molecule has 1 aliphatic rings. The summed E-state index contributed by atoms with van der Waals surface area (Å²) in [6.45, 7) is 11.9. The van der Waals surface area contributed by atoms with Crippen molar-refractivity contribution in [1.29, 1.82) is 0 Å². The average Bonchev–Trinajstić information content (AvgIpc) is 3.07. The minimum absolute atomic E-state index is 0.105. The zero-order chi connectivity index (χ0) is 23.3. The Morgan fingerprint density at radius 2 is 1.59 bits per heavy atom. The van der Waals surface area contributed by atoms with E-state index < -0.39 is 5.91 Å². The van der Waals surface area contributed by atoms with E-state index in [4.69, 9.17) is 5.73 Å². The SMILES string of the molecule is Cc1c(C(N)=O)cc(-c2ccc3c(c2)C(C)(C)CCC3(C)C)n1CCc1ccc(F)cc1. The number of fused-ring (bicyclic) bond motifs is 1. The average molecular weight is 433 g/mol. The van der Waals surface area contributed by atoms with Crippen LogP contribution in [-0.4, -0.2) is 10.5 Å². The number of nitrogens with two attached hydrogens (primary N) is 1. The van der Waals surface area contributed by atoms with Gasteiger partial charge in [0.1, 0.15) is 5.82 Å². The summed E-state index contributed by atoms with van der Waals surface area (Å²) in [4.78, 5) is 12.1. The Hall–Kier alpha value is -2.88. The topological polar surface area (TPSA) is 48.0 Å². The lowest BCUT2D eigenvalue weighted by atomic mass is 9.63. The second-order valence-corrected chi connectivity index (χ2v) is 10.4. The molecular formula is C28H33FN2O. The Balaban J connectivity index is 1.78. The number of nitrogens with zero attached hydrogens (tertiary/aromatic N) is 1. The molecule has 0 spiro atoms. The van der Waals surface area contributed by atoms with Gasteiger partial charge in [-0.1, -0.05) is 52.0 Å². The molecule has 2 N–H and O–H groups in total. The standard InChI is InChI=1S/C28H33FN2O/c1-18-22(26(30)32)17-25(31(18)15-12-19-6-9-21(29)10-7-19)20-8-11-23-24(16-20)28(4,5)14-13-27(23,2)3/h6-11,16-17H,12-15H2,1-5H3,(H2,30,32). The fourth-order valence-electron chi connectivity index (χ4n) is 5.06. The van der Waals surface area contributed by atoms with Crippen molar-refractivity contribution in [1.82, 2.24) is 4.57 Å². The molecule has 1 amide bonds. The Kier molecular flexibility index (Phi) is 5.52. The number of benzene rings is 2. The van der Waals surface area contributed by atoms with E-state index in [0.29, 0.717) is 12.1 Å². The van der Waals surface area contributed by atoms with Gasteiger partial charge in [-0.3, -0.25) is 4.79 Å². The molecule has 4 rings (SSSR count). The third kappa shape index (κ3) is 3.99. The van der Waals surface area contributed by atoms with Crippen LogP contribution in [0.15, 0.2) is 48.5 Å².